The lowest BCUT2D eigenvalue weighted by Gasteiger charge is -2.11. The zero-order chi connectivity index (χ0) is 12.3. The van der Waals surface area contributed by atoms with Crippen LogP contribution in [0.3, 0.4) is 0 Å². The molecule has 1 aliphatic heterocycles. The molecule has 0 saturated heterocycles. The highest BCUT2D eigenvalue weighted by atomic mass is 14.9. The topological polar surface area (TPSA) is 50.4 Å². The Kier molecular flexibility index (Phi) is 3.28. The molecule has 0 aromatic heterocycles. The number of nitrogens with zero attached hydrogens (tertiary/aromatic N) is 1. The van der Waals surface area contributed by atoms with E-state index in [1.807, 2.05) is 50.5 Å². The van der Waals surface area contributed by atoms with Gasteiger partial charge in [0.1, 0.15) is 0 Å². The smallest absolute Gasteiger partial charge is 0.0653 e. The fraction of sp³-hybridized carbons (Fsp3) is 0.214. The van der Waals surface area contributed by atoms with Gasteiger partial charge in [-0.05, 0) is 42.7 Å². The number of nitrogens with one attached hydrogen (secondary N) is 1. The maximum Gasteiger partial charge on any atom is 0.0653 e. The Morgan fingerprint density at radius 1 is 1.35 bits per heavy atom. The second-order valence-corrected chi connectivity index (χ2v) is 4.18. The van der Waals surface area contributed by atoms with Crippen LogP contribution in [0.2, 0.25) is 0 Å². The Balaban J connectivity index is 2.17. The molecule has 17 heavy (non-hydrogen) atoms. The molecule has 0 unspecified atom stereocenters. The van der Waals surface area contributed by atoms with E-state index in [0.717, 1.165) is 34.6 Å². The van der Waals surface area contributed by atoms with E-state index in [1.54, 1.807) is 0 Å². The van der Waals surface area contributed by atoms with E-state index in [0.29, 0.717) is 0 Å². The third-order valence-corrected chi connectivity index (χ3v) is 2.92. The molecule has 3 nitrogen and oxygen atoms in total. The largest absolute Gasteiger partial charge is 0.398 e. The fourth-order valence-electron chi connectivity index (χ4n) is 1.72. The summed E-state index contributed by atoms with van der Waals surface area (Å²) in [5, 5.41) is 3.28. The Hall–Kier alpha value is -2.03. The second kappa shape index (κ2) is 4.87. The van der Waals surface area contributed by atoms with Crippen LogP contribution in [0.15, 0.2) is 41.1 Å². The molecule has 2 rings (SSSR count). The molecule has 0 radical (unpaired) electrons. The van der Waals surface area contributed by atoms with E-state index in [1.165, 1.54) is 0 Å². The minimum Gasteiger partial charge on any atom is -0.398 e. The maximum atomic E-state index is 5.99. The van der Waals surface area contributed by atoms with Gasteiger partial charge >= 0.3 is 0 Å². The van der Waals surface area contributed by atoms with Gasteiger partial charge in [-0.15, -0.1) is 0 Å². The third-order valence-electron chi connectivity index (χ3n) is 2.92. The number of aliphatic imine (C=N–C) groups is 1. The lowest BCUT2D eigenvalue weighted by atomic mass is 10.1. The summed E-state index contributed by atoms with van der Waals surface area (Å²) in [6, 6.07) is 4.08. The quantitative estimate of drug-likeness (QED) is 0.763. The first-order valence-electron chi connectivity index (χ1n) is 5.66. The molecule has 0 aliphatic carbocycles. The molecule has 1 aromatic rings. The Bertz CT molecular complexity index is 510. The number of hydrogen-bond donors (Lipinski definition) is 2. The summed E-state index contributed by atoms with van der Waals surface area (Å²) in [5.74, 6) is 0. The van der Waals surface area contributed by atoms with E-state index >= 15 is 0 Å². The number of nitrogen functional groups attached to an aromatic ring is 1. The fourth-order valence-corrected chi connectivity index (χ4v) is 1.72. The van der Waals surface area contributed by atoms with E-state index in [9.17, 15) is 0 Å². The van der Waals surface area contributed by atoms with Crippen LogP contribution < -0.4 is 11.1 Å². The number of anilines is 2. The van der Waals surface area contributed by atoms with Crippen LogP contribution in [0.5, 0.6) is 0 Å². The van der Waals surface area contributed by atoms with Crippen LogP contribution in [0.1, 0.15) is 11.1 Å². The zero-order valence-electron chi connectivity index (χ0n) is 10.2. The number of rotatable bonds is 2. The monoisotopic (exact) mass is 227 g/mol. The molecule has 1 aliphatic rings. The SMILES string of the molecule is Cc1ccc(NC=C2C=CC=NC2)c(C)c1N. The van der Waals surface area contributed by atoms with Crippen LogP contribution in [0, 0.1) is 13.8 Å². The number of allylic oxidation sites excluding steroid dienone is 1. The summed E-state index contributed by atoms with van der Waals surface area (Å²) in [7, 11) is 0. The molecular weight excluding hydrogens is 210 g/mol. The summed E-state index contributed by atoms with van der Waals surface area (Å²) in [6.07, 6.45) is 7.77. The van der Waals surface area contributed by atoms with Crippen molar-refractivity contribution in [2.24, 2.45) is 4.99 Å². The van der Waals surface area contributed by atoms with Gasteiger partial charge in [0.2, 0.25) is 0 Å². The summed E-state index contributed by atoms with van der Waals surface area (Å²) in [4.78, 5) is 4.18. The van der Waals surface area contributed by atoms with Crippen LogP contribution in [-0.4, -0.2) is 12.8 Å². The molecule has 0 spiro atoms. The van der Waals surface area contributed by atoms with Gasteiger partial charge in [0.15, 0.2) is 0 Å². The molecule has 0 fully saturated rings. The van der Waals surface area contributed by atoms with Gasteiger partial charge in [0.25, 0.3) is 0 Å². The van der Waals surface area contributed by atoms with Crippen molar-refractivity contribution in [2.75, 3.05) is 17.6 Å². The molecule has 88 valence electrons. The molecule has 1 aromatic carbocycles. The van der Waals surface area contributed by atoms with E-state index in [-0.39, 0.29) is 0 Å². The first-order chi connectivity index (χ1) is 8.18. The van der Waals surface area contributed by atoms with Crippen LogP contribution in [0.25, 0.3) is 0 Å². The Morgan fingerprint density at radius 2 is 2.18 bits per heavy atom. The van der Waals surface area contributed by atoms with Crippen LogP contribution in [0.4, 0.5) is 11.4 Å². The van der Waals surface area contributed by atoms with Crippen molar-refractivity contribution in [1.82, 2.24) is 0 Å². The van der Waals surface area contributed by atoms with Gasteiger partial charge in [0, 0.05) is 23.8 Å². The highest BCUT2D eigenvalue weighted by Crippen LogP contribution is 2.24. The summed E-state index contributed by atoms with van der Waals surface area (Å²) in [5.41, 5.74) is 11.3. The number of nitrogens with two attached hydrogens (primary N) is 1. The predicted molar refractivity (Wildman–Crippen MR) is 74.5 cm³/mol. The van der Waals surface area contributed by atoms with E-state index < -0.39 is 0 Å². The van der Waals surface area contributed by atoms with Gasteiger partial charge in [-0.1, -0.05) is 12.1 Å². The average molecular weight is 227 g/mol. The highest BCUT2D eigenvalue weighted by Gasteiger charge is 2.03. The lowest BCUT2D eigenvalue weighted by molar-refractivity contribution is 1.17. The van der Waals surface area contributed by atoms with Crippen molar-refractivity contribution in [3.63, 3.8) is 0 Å². The van der Waals surface area contributed by atoms with Crippen LogP contribution >= 0.6 is 0 Å². The molecular formula is C14H17N3. The van der Waals surface area contributed by atoms with Crippen molar-refractivity contribution < 1.29 is 0 Å². The predicted octanol–water partition coefficient (Wildman–Crippen LogP) is 2.82. The second-order valence-electron chi connectivity index (χ2n) is 4.18. The van der Waals surface area contributed by atoms with Gasteiger partial charge in [-0.25, -0.2) is 0 Å². The van der Waals surface area contributed by atoms with Gasteiger partial charge in [-0.3, -0.25) is 4.99 Å². The Labute approximate surface area is 102 Å². The van der Waals surface area contributed by atoms with Crippen LogP contribution in [-0.2, 0) is 0 Å². The lowest BCUT2D eigenvalue weighted by Crippen LogP contribution is -2.00. The first-order valence-corrected chi connectivity index (χ1v) is 5.66. The number of aryl methyl sites for hydroxylation is 1. The summed E-state index contributed by atoms with van der Waals surface area (Å²) in [6.45, 7) is 4.77. The standard InChI is InChI=1S/C14H17N3/c1-10-5-6-13(11(2)14(10)15)17-9-12-4-3-7-16-8-12/h3-7,9,17H,8,15H2,1-2H3. The zero-order valence-corrected chi connectivity index (χ0v) is 10.2. The minimum absolute atomic E-state index is 0.726. The van der Waals surface area contributed by atoms with Gasteiger partial charge in [0.05, 0.1) is 6.54 Å². The molecule has 3 heteroatoms. The number of dihydropyridines is 1. The molecule has 3 N–H and O–H groups in total. The third kappa shape index (κ3) is 2.56. The van der Waals surface area contributed by atoms with Gasteiger partial charge in [-0.2, -0.15) is 0 Å². The highest BCUT2D eigenvalue weighted by molar-refractivity contribution is 5.74. The molecule has 0 amide bonds. The van der Waals surface area contributed by atoms with Crippen molar-refractivity contribution in [3.05, 3.63) is 47.2 Å². The molecule has 0 saturated carbocycles. The molecule has 1 heterocycles. The minimum atomic E-state index is 0.726. The molecule has 0 bridgehead atoms. The number of hydrogen-bond acceptors (Lipinski definition) is 3. The van der Waals surface area contributed by atoms with Crippen molar-refractivity contribution >= 4 is 17.6 Å². The Morgan fingerprint density at radius 3 is 2.88 bits per heavy atom. The maximum absolute atomic E-state index is 5.99. The van der Waals surface area contributed by atoms with Crippen molar-refractivity contribution in [2.45, 2.75) is 13.8 Å². The van der Waals surface area contributed by atoms with E-state index in [2.05, 4.69) is 10.3 Å². The normalized spacial score (nSPS) is 16.5. The molecule has 0 atom stereocenters. The van der Waals surface area contributed by atoms with Crippen molar-refractivity contribution in [3.8, 4) is 0 Å². The average Bonchev–Trinajstić information content (AvgIpc) is 2.36. The van der Waals surface area contributed by atoms with E-state index in [4.69, 9.17) is 5.73 Å². The van der Waals surface area contributed by atoms with Gasteiger partial charge < -0.3 is 11.1 Å². The van der Waals surface area contributed by atoms with Crippen molar-refractivity contribution in [1.29, 1.82) is 0 Å². The summed E-state index contributed by atoms with van der Waals surface area (Å²) >= 11 is 0. The number of benzene rings is 1. The summed E-state index contributed by atoms with van der Waals surface area (Å²) < 4.78 is 0. The first kappa shape index (κ1) is 11.5.